The van der Waals surface area contributed by atoms with Crippen LogP contribution in [0.1, 0.15) is 56.3 Å². The van der Waals surface area contributed by atoms with Gasteiger partial charge in [-0.25, -0.2) is 4.68 Å². The molecule has 1 N–H and O–H groups in total. The monoisotopic (exact) mass is 430 g/mol. The van der Waals surface area contributed by atoms with E-state index < -0.39 is 6.04 Å². The molecule has 0 saturated carbocycles. The van der Waals surface area contributed by atoms with Crippen LogP contribution in [0.4, 0.5) is 0 Å². The Kier molecular flexibility index (Phi) is 5.93. The number of aromatic amines is 1. The minimum absolute atomic E-state index is 0.119. The summed E-state index contributed by atoms with van der Waals surface area (Å²) in [5, 5.41) is 13.7. The van der Waals surface area contributed by atoms with Gasteiger partial charge in [0.05, 0.1) is 11.1 Å². The van der Waals surface area contributed by atoms with Gasteiger partial charge in [0.15, 0.2) is 5.82 Å². The van der Waals surface area contributed by atoms with E-state index in [9.17, 15) is 4.79 Å². The lowest BCUT2D eigenvalue weighted by atomic mass is 10.00. The summed E-state index contributed by atoms with van der Waals surface area (Å²) in [6.45, 7) is 11.7. The van der Waals surface area contributed by atoms with Crippen molar-refractivity contribution < 1.29 is 0 Å². The lowest BCUT2D eigenvalue weighted by molar-refractivity contribution is 0.202. The molecular weight excluding hydrogens is 400 g/mol. The van der Waals surface area contributed by atoms with Gasteiger partial charge in [-0.2, -0.15) is 0 Å². The molecule has 0 aliphatic carbocycles. The number of aromatic nitrogens is 5. The molecule has 0 unspecified atom stereocenters. The summed E-state index contributed by atoms with van der Waals surface area (Å²) in [5.74, 6) is 0.660. The smallest absolute Gasteiger partial charge is 0.253 e. The number of fused-ring (bicyclic) bond motifs is 1. The Bertz CT molecular complexity index is 1270. The topological polar surface area (TPSA) is 79.7 Å². The van der Waals surface area contributed by atoms with Crippen molar-refractivity contribution in [2.24, 2.45) is 0 Å². The highest BCUT2D eigenvalue weighted by Gasteiger charge is 2.32. The summed E-state index contributed by atoms with van der Waals surface area (Å²) in [7, 11) is 0. The number of hydrogen-bond donors (Lipinski definition) is 1. The Balaban J connectivity index is 1.92. The SMILES string of the molecule is CCN(Cc1ccccc1)[C@H](c1cc2cccc(C)c2[nH]c1=O)c1nnnn1C(C)(C)C. The Morgan fingerprint density at radius 1 is 1.09 bits per heavy atom. The minimum Gasteiger partial charge on any atom is -0.321 e. The van der Waals surface area contributed by atoms with Crippen molar-refractivity contribution in [3.05, 3.63) is 87.5 Å². The highest BCUT2D eigenvalue weighted by atomic mass is 16.1. The van der Waals surface area contributed by atoms with Crippen molar-refractivity contribution in [2.45, 2.75) is 52.7 Å². The first-order valence-electron chi connectivity index (χ1n) is 11.0. The number of hydrogen-bond acceptors (Lipinski definition) is 5. The lowest BCUT2D eigenvalue weighted by Gasteiger charge is -2.32. The first kappa shape index (κ1) is 21.9. The largest absolute Gasteiger partial charge is 0.321 e. The Hall–Kier alpha value is -3.32. The quantitative estimate of drug-likeness (QED) is 0.496. The molecule has 7 heteroatoms. The van der Waals surface area contributed by atoms with Gasteiger partial charge in [0.1, 0.15) is 6.04 Å². The highest BCUT2D eigenvalue weighted by molar-refractivity contribution is 5.82. The summed E-state index contributed by atoms with van der Waals surface area (Å²) < 4.78 is 1.82. The van der Waals surface area contributed by atoms with E-state index in [1.165, 1.54) is 5.56 Å². The van der Waals surface area contributed by atoms with Crippen LogP contribution in [0, 0.1) is 6.92 Å². The fourth-order valence-corrected chi connectivity index (χ4v) is 4.15. The van der Waals surface area contributed by atoms with E-state index in [1.807, 2.05) is 54.1 Å². The molecule has 2 heterocycles. The maximum Gasteiger partial charge on any atom is 0.253 e. The molecule has 32 heavy (non-hydrogen) atoms. The van der Waals surface area contributed by atoms with Crippen LogP contribution in [0.2, 0.25) is 0 Å². The molecule has 2 aromatic carbocycles. The van der Waals surface area contributed by atoms with Crippen LogP contribution < -0.4 is 5.56 Å². The third-order valence-corrected chi connectivity index (χ3v) is 5.78. The molecule has 7 nitrogen and oxygen atoms in total. The first-order valence-corrected chi connectivity index (χ1v) is 11.0. The number of tetrazole rings is 1. The van der Waals surface area contributed by atoms with Crippen LogP contribution >= 0.6 is 0 Å². The van der Waals surface area contributed by atoms with E-state index in [0.717, 1.165) is 23.0 Å². The third kappa shape index (κ3) is 4.21. The summed E-state index contributed by atoms with van der Waals surface area (Å²) in [5.41, 5.74) is 3.26. The van der Waals surface area contributed by atoms with Gasteiger partial charge in [-0.15, -0.1) is 5.10 Å². The van der Waals surface area contributed by atoms with Gasteiger partial charge < -0.3 is 4.98 Å². The summed E-state index contributed by atoms with van der Waals surface area (Å²) in [6, 6.07) is 17.9. The predicted molar refractivity (Wildman–Crippen MR) is 126 cm³/mol. The lowest BCUT2D eigenvalue weighted by Crippen LogP contribution is -2.37. The standard InChI is InChI=1S/C25H30N6O/c1-6-30(16-18-12-8-7-9-13-18)22(23-27-28-29-31(23)25(3,4)5)20-15-19-14-10-11-17(2)21(19)26-24(20)32/h7-15,22H,6,16H2,1-5H3,(H,26,32)/t22-/m1/s1. The highest BCUT2D eigenvalue weighted by Crippen LogP contribution is 2.30. The van der Waals surface area contributed by atoms with Gasteiger partial charge in [-0.05, 0) is 67.2 Å². The van der Waals surface area contributed by atoms with Gasteiger partial charge in [0.2, 0.25) is 0 Å². The number of H-pyrrole nitrogens is 1. The fraction of sp³-hybridized carbons (Fsp3) is 0.360. The molecule has 2 aromatic heterocycles. The molecule has 4 rings (SSSR count). The van der Waals surface area contributed by atoms with Crippen LogP contribution in [0.25, 0.3) is 10.9 Å². The first-order chi connectivity index (χ1) is 15.3. The molecule has 0 aliphatic rings. The summed E-state index contributed by atoms with van der Waals surface area (Å²) in [4.78, 5) is 18.8. The fourth-order valence-electron chi connectivity index (χ4n) is 4.15. The molecule has 166 valence electrons. The maximum absolute atomic E-state index is 13.4. The van der Waals surface area contributed by atoms with E-state index in [1.54, 1.807) is 0 Å². The van der Waals surface area contributed by atoms with Gasteiger partial charge in [-0.3, -0.25) is 9.69 Å². The van der Waals surface area contributed by atoms with E-state index in [2.05, 4.69) is 65.2 Å². The van der Waals surface area contributed by atoms with Crippen molar-refractivity contribution in [2.75, 3.05) is 6.54 Å². The van der Waals surface area contributed by atoms with E-state index >= 15 is 0 Å². The van der Waals surface area contributed by atoms with E-state index in [4.69, 9.17) is 0 Å². The third-order valence-electron chi connectivity index (χ3n) is 5.78. The Morgan fingerprint density at radius 2 is 1.84 bits per heavy atom. The maximum atomic E-state index is 13.4. The van der Waals surface area contributed by atoms with Crippen molar-refractivity contribution >= 4 is 10.9 Å². The normalized spacial score (nSPS) is 13.1. The predicted octanol–water partition coefficient (Wildman–Crippen LogP) is 4.19. The summed E-state index contributed by atoms with van der Waals surface area (Å²) in [6.07, 6.45) is 0. The van der Waals surface area contributed by atoms with E-state index in [-0.39, 0.29) is 11.1 Å². The minimum atomic E-state index is -0.400. The van der Waals surface area contributed by atoms with Crippen LogP contribution in [0.15, 0.2) is 59.4 Å². The zero-order valence-corrected chi connectivity index (χ0v) is 19.3. The number of benzene rings is 2. The van der Waals surface area contributed by atoms with Gasteiger partial charge in [0.25, 0.3) is 5.56 Å². The van der Waals surface area contributed by atoms with Crippen molar-refractivity contribution in [1.82, 2.24) is 30.1 Å². The second kappa shape index (κ2) is 8.67. The molecule has 0 aliphatic heterocycles. The zero-order chi connectivity index (χ0) is 22.9. The molecule has 0 saturated heterocycles. The van der Waals surface area contributed by atoms with Crippen LogP contribution in [-0.2, 0) is 12.1 Å². The van der Waals surface area contributed by atoms with Crippen molar-refractivity contribution in [3.8, 4) is 0 Å². The molecule has 0 radical (unpaired) electrons. The van der Waals surface area contributed by atoms with Crippen LogP contribution in [-0.4, -0.2) is 36.6 Å². The number of aryl methyl sites for hydroxylation is 1. The van der Waals surface area contributed by atoms with Gasteiger partial charge >= 0.3 is 0 Å². The molecular formula is C25H30N6O. The molecule has 0 amide bonds. The number of nitrogens with zero attached hydrogens (tertiary/aromatic N) is 5. The number of nitrogens with one attached hydrogen (secondary N) is 1. The molecule has 0 bridgehead atoms. The number of para-hydroxylation sites is 1. The average molecular weight is 431 g/mol. The Labute approximate surface area is 188 Å². The second-order valence-electron chi connectivity index (χ2n) is 9.16. The molecule has 0 spiro atoms. The van der Waals surface area contributed by atoms with Crippen LogP contribution in [0.5, 0.6) is 0 Å². The van der Waals surface area contributed by atoms with Gasteiger partial charge in [-0.1, -0.05) is 55.5 Å². The van der Waals surface area contributed by atoms with Gasteiger partial charge in [0, 0.05) is 12.1 Å². The second-order valence-corrected chi connectivity index (χ2v) is 9.16. The van der Waals surface area contributed by atoms with E-state index in [0.29, 0.717) is 17.9 Å². The van der Waals surface area contributed by atoms with Crippen molar-refractivity contribution in [1.29, 1.82) is 0 Å². The molecule has 0 fully saturated rings. The average Bonchev–Trinajstić information content (AvgIpc) is 3.25. The zero-order valence-electron chi connectivity index (χ0n) is 19.3. The van der Waals surface area contributed by atoms with Crippen LogP contribution in [0.3, 0.4) is 0 Å². The number of rotatable bonds is 6. The molecule has 1 atom stereocenters. The summed E-state index contributed by atoms with van der Waals surface area (Å²) >= 11 is 0. The molecule has 4 aromatic rings. The van der Waals surface area contributed by atoms with Crippen molar-refractivity contribution in [3.63, 3.8) is 0 Å². The number of pyridine rings is 1. The Morgan fingerprint density at radius 3 is 2.53 bits per heavy atom.